The van der Waals surface area contributed by atoms with Gasteiger partial charge in [0.15, 0.2) is 0 Å². The molecule has 2 aromatic rings. The van der Waals surface area contributed by atoms with Crippen molar-refractivity contribution in [3.63, 3.8) is 0 Å². The van der Waals surface area contributed by atoms with Gasteiger partial charge in [0, 0.05) is 64.2 Å². The van der Waals surface area contributed by atoms with Gasteiger partial charge in [-0.05, 0) is 67.5 Å². The molecule has 14 heteroatoms. The largest absolute Gasteiger partial charge is 0.416 e. The van der Waals surface area contributed by atoms with E-state index in [2.05, 4.69) is 0 Å². The highest BCUT2D eigenvalue weighted by atomic mass is 19.4. The van der Waals surface area contributed by atoms with Crippen LogP contribution in [0.3, 0.4) is 0 Å². The summed E-state index contributed by atoms with van der Waals surface area (Å²) in [7, 11) is 2.45. The molecular weight excluding hydrogens is 621 g/mol. The van der Waals surface area contributed by atoms with E-state index < -0.39 is 53.0 Å². The maximum absolute atomic E-state index is 13.8. The number of nitrogens with zero attached hydrogens (tertiary/aromatic N) is 4. The molecule has 0 N–H and O–H groups in total. The van der Waals surface area contributed by atoms with Gasteiger partial charge in [-0.3, -0.25) is 14.5 Å². The van der Waals surface area contributed by atoms with Crippen LogP contribution in [0, 0.1) is 17.7 Å². The lowest BCUT2D eigenvalue weighted by Gasteiger charge is -2.34. The molecule has 2 aliphatic heterocycles. The molecule has 2 atom stereocenters. The zero-order chi connectivity index (χ0) is 33.6. The number of hydrogen-bond donors (Lipinski definition) is 0. The normalized spacial score (nSPS) is 21.0. The van der Waals surface area contributed by atoms with Crippen molar-refractivity contribution in [2.24, 2.45) is 11.8 Å². The summed E-state index contributed by atoms with van der Waals surface area (Å²) in [5, 5.41) is 0. The highest BCUT2D eigenvalue weighted by molar-refractivity contribution is 5.92. The fourth-order valence-corrected chi connectivity index (χ4v) is 6.35. The number of carbonyl (C=O) groups excluding carboxylic acids is 3. The first-order valence-corrected chi connectivity index (χ1v) is 15.1. The number of urea groups is 1. The molecule has 46 heavy (non-hydrogen) atoms. The molecule has 0 spiro atoms. The van der Waals surface area contributed by atoms with Crippen molar-refractivity contribution in [1.82, 2.24) is 14.7 Å². The van der Waals surface area contributed by atoms with Gasteiger partial charge >= 0.3 is 18.4 Å². The number of alkyl halides is 6. The average molecular weight is 657 g/mol. The Labute approximate surface area is 261 Å². The summed E-state index contributed by atoms with van der Waals surface area (Å²) >= 11 is 0. The van der Waals surface area contributed by atoms with Crippen LogP contribution in [0.2, 0.25) is 0 Å². The van der Waals surface area contributed by atoms with E-state index in [1.165, 1.54) is 36.2 Å². The first kappa shape index (κ1) is 33.5. The van der Waals surface area contributed by atoms with Gasteiger partial charge in [-0.1, -0.05) is 12.1 Å². The van der Waals surface area contributed by atoms with Crippen molar-refractivity contribution in [2.45, 2.75) is 56.4 Å². The molecule has 0 unspecified atom stereocenters. The van der Waals surface area contributed by atoms with Crippen LogP contribution < -0.4 is 4.90 Å². The van der Waals surface area contributed by atoms with Crippen LogP contribution in [0.15, 0.2) is 42.5 Å². The number of likely N-dealkylation sites (N-methyl/N-ethyl adjacent to an activating group) is 1. The molecular formula is C32H35F7N4O3. The highest BCUT2D eigenvalue weighted by Gasteiger charge is 2.44. The molecule has 3 aliphatic rings. The second-order valence-electron chi connectivity index (χ2n) is 12.5. The van der Waals surface area contributed by atoms with Crippen LogP contribution in [0.25, 0.3) is 0 Å². The van der Waals surface area contributed by atoms with E-state index in [1.807, 2.05) is 0 Å². The van der Waals surface area contributed by atoms with Gasteiger partial charge in [0.05, 0.1) is 17.2 Å². The average Bonchev–Trinajstić information content (AvgIpc) is 3.72. The van der Waals surface area contributed by atoms with E-state index >= 15 is 0 Å². The third-order valence-corrected chi connectivity index (χ3v) is 9.30. The summed E-state index contributed by atoms with van der Waals surface area (Å²) in [4.78, 5) is 45.2. The standard InChI is InChI=1S/C32H35F7N4O3/c1-40(25-15-22(31(34,35)36)14-23(16-25)32(37,38)39)30(46)41(2)27-18-43(17-26(27)20-5-7-24(33)8-6-20)29(45)21-9-11-42(12-10-21)28(44)13-19-3-4-19/h5-8,14-16,19,21,26-27H,3-4,9-13,17-18H2,1-2H3/t26-,27+/m0/s1. The SMILES string of the molecule is CN(C(=O)N(C)[C@@H]1CN(C(=O)C2CCN(C(=O)CC3CC3)CC2)C[C@H]1c1ccc(F)cc1)c1cc(C(F)(F)F)cc(C(F)(F)F)c1. The van der Waals surface area contributed by atoms with Crippen LogP contribution in [0.5, 0.6) is 0 Å². The van der Waals surface area contributed by atoms with E-state index in [1.54, 1.807) is 9.80 Å². The number of carbonyl (C=O) groups is 3. The fraction of sp³-hybridized carbons (Fsp3) is 0.531. The summed E-state index contributed by atoms with van der Waals surface area (Å²) in [6, 6.07) is 4.85. The quantitative estimate of drug-likeness (QED) is 0.339. The third-order valence-electron chi connectivity index (χ3n) is 9.30. The number of anilines is 1. The molecule has 0 aromatic heterocycles. The first-order valence-electron chi connectivity index (χ1n) is 15.1. The van der Waals surface area contributed by atoms with Gasteiger partial charge in [0.25, 0.3) is 0 Å². The molecule has 1 aliphatic carbocycles. The first-order chi connectivity index (χ1) is 21.5. The van der Waals surface area contributed by atoms with Crippen molar-refractivity contribution in [1.29, 1.82) is 0 Å². The maximum atomic E-state index is 13.8. The number of amides is 4. The minimum absolute atomic E-state index is 0.00986. The Balaban J connectivity index is 1.35. The fourth-order valence-electron chi connectivity index (χ4n) is 6.35. The number of piperidine rings is 1. The molecule has 2 saturated heterocycles. The lowest BCUT2D eigenvalue weighted by atomic mass is 9.93. The summed E-state index contributed by atoms with van der Waals surface area (Å²) < 4.78 is 94.7. The summed E-state index contributed by atoms with van der Waals surface area (Å²) in [5.41, 5.74) is -3.10. The number of benzene rings is 2. The van der Waals surface area contributed by atoms with Gasteiger partial charge in [-0.15, -0.1) is 0 Å². The van der Waals surface area contributed by atoms with E-state index in [0.717, 1.165) is 19.9 Å². The van der Waals surface area contributed by atoms with Crippen LogP contribution in [0.1, 0.15) is 54.7 Å². The Morgan fingerprint density at radius 2 is 1.37 bits per heavy atom. The van der Waals surface area contributed by atoms with Gasteiger partial charge in [0.1, 0.15) is 5.82 Å². The van der Waals surface area contributed by atoms with Gasteiger partial charge in [-0.25, -0.2) is 9.18 Å². The van der Waals surface area contributed by atoms with Crippen molar-refractivity contribution in [3.8, 4) is 0 Å². The third kappa shape index (κ3) is 7.41. The molecule has 2 aromatic carbocycles. The molecule has 7 nitrogen and oxygen atoms in total. The monoisotopic (exact) mass is 656 g/mol. The second-order valence-corrected chi connectivity index (χ2v) is 12.5. The zero-order valence-electron chi connectivity index (χ0n) is 25.4. The molecule has 2 heterocycles. The molecule has 1 saturated carbocycles. The number of hydrogen-bond acceptors (Lipinski definition) is 3. The van der Waals surface area contributed by atoms with E-state index in [9.17, 15) is 45.1 Å². The van der Waals surface area contributed by atoms with Gasteiger partial charge < -0.3 is 14.7 Å². The van der Waals surface area contributed by atoms with E-state index in [-0.39, 0.29) is 36.9 Å². The molecule has 250 valence electrons. The Bertz CT molecular complexity index is 1420. The van der Waals surface area contributed by atoms with Gasteiger partial charge in [0.2, 0.25) is 11.8 Å². The summed E-state index contributed by atoms with van der Waals surface area (Å²) in [5.74, 6) is -0.977. The lowest BCUT2D eigenvalue weighted by Crippen LogP contribution is -2.48. The van der Waals surface area contributed by atoms with Gasteiger partial charge in [-0.2, -0.15) is 26.3 Å². The van der Waals surface area contributed by atoms with E-state index in [4.69, 9.17) is 0 Å². The molecule has 5 rings (SSSR count). The van der Waals surface area contributed by atoms with Crippen molar-refractivity contribution < 1.29 is 45.1 Å². The minimum Gasteiger partial charge on any atom is -0.343 e. The predicted octanol–water partition coefficient (Wildman–Crippen LogP) is 6.38. The van der Waals surface area contributed by atoms with Crippen molar-refractivity contribution in [2.75, 3.05) is 45.2 Å². The van der Waals surface area contributed by atoms with Crippen molar-refractivity contribution >= 4 is 23.5 Å². The van der Waals surface area contributed by atoms with Crippen LogP contribution >= 0.6 is 0 Å². The topological polar surface area (TPSA) is 64.2 Å². The smallest absolute Gasteiger partial charge is 0.343 e. The second kappa shape index (κ2) is 12.7. The highest BCUT2D eigenvalue weighted by Crippen LogP contribution is 2.39. The zero-order valence-corrected chi connectivity index (χ0v) is 25.4. The lowest BCUT2D eigenvalue weighted by molar-refractivity contribution is -0.143. The predicted molar refractivity (Wildman–Crippen MR) is 154 cm³/mol. The maximum Gasteiger partial charge on any atom is 0.416 e. The van der Waals surface area contributed by atoms with Crippen molar-refractivity contribution in [3.05, 3.63) is 65.0 Å². The Morgan fingerprint density at radius 1 is 0.804 bits per heavy atom. The Morgan fingerprint density at radius 3 is 1.89 bits per heavy atom. The van der Waals surface area contributed by atoms with Crippen LogP contribution in [-0.2, 0) is 21.9 Å². The molecule has 3 fully saturated rings. The van der Waals surface area contributed by atoms with Crippen LogP contribution in [-0.4, -0.2) is 78.9 Å². The molecule has 0 bridgehead atoms. The summed E-state index contributed by atoms with van der Waals surface area (Å²) in [6.45, 7) is 1.13. The Hall–Kier alpha value is -3.84. The molecule has 4 amide bonds. The molecule has 0 radical (unpaired) electrons. The van der Waals surface area contributed by atoms with E-state index in [0.29, 0.717) is 60.9 Å². The van der Waals surface area contributed by atoms with Crippen LogP contribution in [0.4, 0.5) is 41.2 Å². The minimum atomic E-state index is -5.09. The summed E-state index contributed by atoms with van der Waals surface area (Å²) in [6.07, 6.45) is -6.57. The number of likely N-dealkylation sites (tertiary alicyclic amines) is 2. The number of rotatable bonds is 6. The number of halogens is 7. The Kier molecular flexibility index (Phi) is 9.29.